The van der Waals surface area contributed by atoms with E-state index in [0.717, 1.165) is 49.7 Å². The summed E-state index contributed by atoms with van der Waals surface area (Å²) in [5.74, 6) is 0. The molecule has 1 aliphatic carbocycles. The number of thiazole rings is 1. The number of nitrogens with zero attached hydrogens (tertiary/aromatic N) is 6. The molecule has 1 saturated heterocycles. The number of benzene rings is 1. The number of fused-ring (bicyclic) bond motifs is 1. The molecule has 224 valence electrons. The van der Waals surface area contributed by atoms with Gasteiger partial charge in [-0.05, 0) is 44.4 Å². The van der Waals surface area contributed by atoms with Crippen molar-refractivity contribution in [3.63, 3.8) is 0 Å². The molecule has 1 aromatic carbocycles. The van der Waals surface area contributed by atoms with Crippen LogP contribution in [-0.4, -0.2) is 75.0 Å². The van der Waals surface area contributed by atoms with Crippen LogP contribution in [0.3, 0.4) is 0 Å². The van der Waals surface area contributed by atoms with Gasteiger partial charge in [0.2, 0.25) is 0 Å². The summed E-state index contributed by atoms with van der Waals surface area (Å²) in [5.41, 5.74) is 2.02. The lowest BCUT2D eigenvalue weighted by Gasteiger charge is -2.34. The lowest BCUT2D eigenvalue weighted by atomic mass is 9.81. The Bertz CT molecular complexity index is 1900. The Morgan fingerprint density at radius 1 is 1.07 bits per heavy atom. The Labute approximate surface area is 258 Å². The first kappa shape index (κ1) is 28.6. The molecule has 1 aliphatic heterocycles. The van der Waals surface area contributed by atoms with Crippen molar-refractivity contribution in [3.05, 3.63) is 70.7 Å². The third-order valence-electron chi connectivity index (χ3n) is 8.31. The molecule has 1 N–H and O–H groups in total. The van der Waals surface area contributed by atoms with E-state index in [1.54, 1.807) is 36.7 Å². The molecule has 0 unspecified atom stereocenters. The largest absolute Gasteiger partial charge is 0.383 e. The van der Waals surface area contributed by atoms with E-state index in [2.05, 4.69) is 20.0 Å². The molecule has 0 atom stereocenters. The van der Waals surface area contributed by atoms with Crippen LogP contribution in [0.4, 0.5) is 0 Å². The van der Waals surface area contributed by atoms with Crippen LogP contribution in [0.1, 0.15) is 29.8 Å². The van der Waals surface area contributed by atoms with Gasteiger partial charge in [0.25, 0.3) is 10.0 Å². The molecule has 2 fully saturated rings. The van der Waals surface area contributed by atoms with Crippen molar-refractivity contribution in [3.8, 4) is 21.7 Å². The number of morpholine rings is 1. The highest BCUT2D eigenvalue weighted by molar-refractivity contribution is 7.90. The van der Waals surface area contributed by atoms with Crippen LogP contribution in [0, 0.1) is 6.92 Å². The highest BCUT2D eigenvalue weighted by atomic mass is 35.5. The standard InChI is InChI=1S/C30H31ClN6O4S2/c1-20-3-5-22(6-4-20)43(39,40)37-25(21-16-34-36(19-21)10-9-35-11-13-41-14-12-35)15-23-27(24(31)17-32-28(23)37)26-18-33-29(42-26)30(38)7-2-8-30/h3-6,15-19,38H,2,7-14H2,1H3. The summed E-state index contributed by atoms with van der Waals surface area (Å²) in [6, 6.07) is 8.59. The van der Waals surface area contributed by atoms with Gasteiger partial charge in [0, 0.05) is 54.7 Å². The molecule has 13 heteroatoms. The van der Waals surface area contributed by atoms with E-state index >= 15 is 0 Å². The van der Waals surface area contributed by atoms with Gasteiger partial charge in [-0.1, -0.05) is 29.3 Å². The Morgan fingerprint density at radius 3 is 2.56 bits per heavy atom. The van der Waals surface area contributed by atoms with Gasteiger partial charge < -0.3 is 9.84 Å². The number of hydrogen-bond acceptors (Lipinski definition) is 9. The van der Waals surface area contributed by atoms with Crippen molar-refractivity contribution in [2.45, 2.75) is 43.2 Å². The topological polar surface area (TPSA) is 115 Å². The summed E-state index contributed by atoms with van der Waals surface area (Å²) >= 11 is 8.13. The van der Waals surface area contributed by atoms with Crippen molar-refractivity contribution in [2.75, 3.05) is 32.8 Å². The average molecular weight is 639 g/mol. The molecule has 0 radical (unpaired) electrons. The molecule has 5 heterocycles. The summed E-state index contributed by atoms with van der Waals surface area (Å²) in [6.07, 6.45) is 9.03. The second-order valence-electron chi connectivity index (χ2n) is 11.2. The van der Waals surface area contributed by atoms with E-state index in [-0.39, 0.29) is 10.5 Å². The smallest absolute Gasteiger partial charge is 0.269 e. The highest BCUT2D eigenvalue weighted by Gasteiger charge is 2.39. The van der Waals surface area contributed by atoms with Crippen LogP contribution < -0.4 is 0 Å². The SMILES string of the molecule is Cc1ccc(S(=O)(=O)n2c(-c3cnn(CCN4CCOCC4)c3)cc3c(-c4cnc(C5(O)CCC5)s4)c(Cl)cnc32)cc1. The Hall–Kier alpha value is -3.13. The molecule has 0 bridgehead atoms. The number of hydrogen-bond donors (Lipinski definition) is 1. The first-order valence-corrected chi connectivity index (χ1v) is 16.9. The first-order valence-electron chi connectivity index (χ1n) is 14.3. The summed E-state index contributed by atoms with van der Waals surface area (Å²) in [4.78, 5) is 12.3. The van der Waals surface area contributed by atoms with Crippen molar-refractivity contribution in [1.82, 2.24) is 28.6 Å². The number of halogens is 1. The molecule has 7 rings (SSSR count). The predicted octanol–water partition coefficient (Wildman–Crippen LogP) is 4.93. The number of rotatable bonds is 8. The van der Waals surface area contributed by atoms with Crippen LogP contribution in [0.2, 0.25) is 5.02 Å². The van der Waals surface area contributed by atoms with E-state index in [1.165, 1.54) is 21.5 Å². The number of ether oxygens (including phenoxy) is 1. The van der Waals surface area contributed by atoms with Crippen molar-refractivity contribution in [1.29, 1.82) is 0 Å². The van der Waals surface area contributed by atoms with Gasteiger partial charge in [0.05, 0.1) is 46.4 Å². The van der Waals surface area contributed by atoms with Crippen molar-refractivity contribution in [2.24, 2.45) is 0 Å². The van der Waals surface area contributed by atoms with Gasteiger partial charge in [0.1, 0.15) is 10.6 Å². The zero-order valence-electron chi connectivity index (χ0n) is 23.6. The summed E-state index contributed by atoms with van der Waals surface area (Å²) in [5, 5.41) is 17.1. The lowest BCUT2D eigenvalue weighted by Crippen LogP contribution is -2.38. The third-order valence-corrected chi connectivity index (χ3v) is 11.5. The number of aromatic nitrogens is 5. The fourth-order valence-electron chi connectivity index (χ4n) is 5.63. The van der Waals surface area contributed by atoms with Crippen LogP contribution in [0.15, 0.2) is 60.0 Å². The number of aryl methyl sites for hydroxylation is 1. The minimum atomic E-state index is -4.06. The minimum absolute atomic E-state index is 0.155. The van der Waals surface area contributed by atoms with Gasteiger partial charge in [-0.2, -0.15) is 5.10 Å². The molecule has 5 aromatic rings. The van der Waals surface area contributed by atoms with Crippen LogP contribution in [0.25, 0.3) is 32.7 Å². The monoisotopic (exact) mass is 638 g/mol. The van der Waals surface area contributed by atoms with Gasteiger partial charge in [0.15, 0.2) is 5.65 Å². The van der Waals surface area contributed by atoms with Crippen LogP contribution in [-0.2, 0) is 26.9 Å². The maximum atomic E-state index is 14.3. The second-order valence-corrected chi connectivity index (χ2v) is 14.4. The zero-order chi connectivity index (χ0) is 29.8. The Morgan fingerprint density at radius 2 is 1.84 bits per heavy atom. The molecule has 10 nitrogen and oxygen atoms in total. The van der Waals surface area contributed by atoms with E-state index in [4.69, 9.17) is 16.3 Å². The van der Waals surface area contributed by atoms with E-state index in [0.29, 0.717) is 51.6 Å². The molecule has 1 saturated carbocycles. The van der Waals surface area contributed by atoms with Gasteiger partial charge in [-0.15, -0.1) is 11.3 Å². The lowest BCUT2D eigenvalue weighted by molar-refractivity contribution is -0.0389. The second kappa shape index (κ2) is 11.1. The molecule has 0 amide bonds. The van der Waals surface area contributed by atoms with E-state index in [1.807, 2.05) is 23.9 Å². The molecular weight excluding hydrogens is 608 g/mol. The van der Waals surface area contributed by atoms with Crippen molar-refractivity contribution >= 4 is 44.0 Å². The minimum Gasteiger partial charge on any atom is -0.383 e. The average Bonchev–Trinajstić information content (AvgIpc) is 3.74. The first-order chi connectivity index (χ1) is 20.7. The van der Waals surface area contributed by atoms with Crippen molar-refractivity contribution < 1.29 is 18.3 Å². The zero-order valence-corrected chi connectivity index (χ0v) is 26.0. The third kappa shape index (κ3) is 5.19. The number of pyridine rings is 1. The van der Waals surface area contributed by atoms with Gasteiger partial charge >= 0.3 is 0 Å². The maximum absolute atomic E-state index is 14.3. The summed E-state index contributed by atoms with van der Waals surface area (Å²) in [6.45, 7) is 6.59. The van der Waals surface area contributed by atoms with Gasteiger partial charge in [-0.25, -0.2) is 22.4 Å². The summed E-state index contributed by atoms with van der Waals surface area (Å²) in [7, 11) is -4.06. The molecule has 43 heavy (non-hydrogen) atoms. The van der Waals surface area contributed by atoms with Crippen LogP contribution in [0.5, 0.6) is 0 Å². The fraction of sp³-hybridized carbons (Fsp3) is 0.367. The molecular formula is C30H31ClN6O4S2. The fourth-order valence-corrected chi connectivity index (χ4v) is 8.55. The number of aliphatic hydroxyl groups is 1. The van der Waals surface area contributed by atoms with Crippen LogP contribution >= 0.6 is 22.9 Å². The maximum Gasteiger partial charge on any atom is 0.269 e. The van der Waals surface area contributed by atoms with Gasteiger partial charge in [-0.3, -0.25) is 9.58 Å². The Balaban J connectivity index is 1.36. The quantitative estimate of drug-likeness (QED) is 0.255. The summed E-state index contributed by atoms with van der Waals surface area (Å²) < 4.78 is 37.1. The predicted molar refractivity (Wildman–Crippen MR) is 166 cm³/mol. The Kier molecular flexibility index (Phi) is 7.39. The van der Waals surface area contributed by atoms with E-state index in [9.17, 15) is 13.5 Å². The normalized spacial score (nSPS) is 17.4. The molecule has 2 aliphatic rings. The highest BCUT2D eigenvalue weighted by Crippen LogP contribution is 2.47. The molecule has 0 spiro atoms. The molecule has 4 aromatic heterocycles. The van der Waals surface area contributed by atoms with E-state index < -0.39 is 15.6 Å².